The van der Waals surface area contributed by atoms with Crippen molar-refractivity contribution in [1.82, 2.24) is 15.7 Å². The molecule has 4 heteroatoms. The van der Waals surface area contributed by atoms with E-state index in [4.69, 9.17) is 17.3 Å². The summed E-state index contributed by atoms with van der Waals surface area (Å²) in [5.74, 6) is 0.190. The Morgan fingerprint density at radius 1 is 1.67 bits per heavy atom. The molecule has 1 rings (SSSR count). The largest absolute Gasteiger partial charge is 0.283 e. The number of nitrogens with one attached hydrogen (secondary N) is 1. The Morgan fingerprint density at radius 3 is 2.78 bits per heavy atom. The Kier molecular flexibility index (Phi) is 1.53. The molecule has 47 valence electrons. The molecule has 0 saturated carbocycles. The molecule has 1 aromatic rings. The molecule has 9 heavy (non-hydrogen) atoms. The molecule has 1 radical (unpaired) electrons. The number of rotatable bonds is 0. The fourth-order valence-corrected chi connectivity index (χ4v) is 0.554. The summed E-state index contributed by atoms with van der Waals surface area (Å²) < 4.78 is 0. The molecular weight excluding hydrogens is 138 g/mol. The van der Waals surface area contributed by atoms with Gasteiger partial charge >= 0.3 is 0 Å². The number of hydrogen-bond donors (Lipinski definition) is 0. The molecule has 0 bridgehead atoms. The zero-order valence-corrected chi connectivity index (χ0v) is 5.61. The molecule has 1 aromatic heterocycles. The maximum atomic E-state index is 7.12. The third-order valence-electron chi connectivity index (χ3n) is 0.942. The van der Waals surface area contributed by atoms with Gasteiger partial charge in [-0.2, -0.15) is 4.98 Å². The molecule has 1 heterocycles. The van der Waals surface area contributed by atoms with Crippen molar-refractivity contribution in [3.63, 3.8) is 0 Å². The molecule has 0 aliphatic carbocycles. The second kappa shape index (κ2) is 2.19. The van der Waals surface area contributed by atoms with Crippen molar-refractivity contribution >= 4 is 17.4 Å². The van der Waals surface area contributed by atoms with Gasteiger partial charge in [0.15, 0.2) is 5.82 Å². The van der Waals surface area contributed by atoms with E-state index in [9.17, 15) is 0 Å². The summed E-state index contributed by atoms with van der Waals surface area (Å²) in [7, 11) is 0. The summed E-state index contributed by atoms with van der Waals surface area (Å²) in [6.07, 6.45) is 1.53. The fraction of sp³-hybridized carbons (Fsp3) is 0.200. The van der Waals surface area contributed by atoms with Crippen molar-refractivity contribution in [2.45, 2.75) is 6.92 Å². The van der Waals surface area contributed by atoms with Gasteiger partial charge in [-0.25, -0.2) is 4.98 Å². The Morgan fingerprint density at radius 2 is 2.33 bits per heavy atom. The molecule has 0 unspecified atom stereocenters. The maximum absolute atomic E-state index is 7.12. The van der Waals surface area contributed by atoms with Gasteiger partial charge in [0.25, 0.3) is 0 Å². The summed E-state index contributed by atoms with van der Waals surface area (Å²) >= 11 is 5.37. The van der Waals surface area contributed by atoms with E-state index in [0.717, 1.165) is 5.56 Å². The molecule has 0 atom stereocenters. The van der Waals surface area contributed by atoms with Crippen LogP contribution in [0, 0.1) is 6.92 Å². The third-order valence-corrected chi connectivity index (χ3v) is 1.12. The summed E-state index contributed by atoms with van der Waals surface area (Å²) in [6, 6.07) is 0. The van der Waals surface area contributed by atoms with Gasteiger partial charge < -0.3 is 0 Å². The van der Waals surface area contributed by atoms with Gasteiger partial charge in [-0.3, -0.25) is 5.73 Å². The van der Waals surface area contributed by atoms with Crippen molar-refractivity contribution in [2.75, 3.05) is 0 Å². The van der Waals surface area contributed by atoms with Crippen LogP contribution in [0.15, 0.2) is 6.20 Å². The predicted octanol–water partition coefficient (Wildman–Crippen LogP) is 1.35. The van der Waals surface area contributed by atoms with Crippen LogP contribution >= 0.6 is 11.6 Å². The van der Waals surface area contributed by atoms with Crippen LogP contribution in [-0.4, -0.2) is 9.97 Å². The minimum atomic E-state index is 0.130. The lowest BCUT2D eigenvalue weighted by atomic mass is 10.4. The molecule has 3 nitrogen and oxygen atoms in total. The number of aryl methyl sites for hydroxylation is 1. The van der Waals surface area contributed by atoms with E-state index in [0.29, 0.717) is 0 Å². The smallest absolute Gasteiger partial charge is 0.224 e. The van der Waals surface area contributed by atoms with Gasteiger partial charge in [0.1, 0.15) is 0 Å². The zero-order chi connectivity index (χ0) is 6.85. The second-order valence-electron chi connectivity index (χ2n) is 1.67. The molecular formula is C5H5ClN3. The number of aromatic nitrogens is 2. The quantitative estimate of drug-likeness (QED) is 0.514. The summed E-state index contributed by atoms with van der Waals surface area (Å²) in [4.78, 5) is 7.27. The fourth-order valence-electron chi connectivity index (χ4n) is 0.421. The van der Waals surface area contributed by atoms with Crippen LogP contribution in [0.4, 0.5) is 5.82 Å². The number of hydrogen-bond acceptors (Lipinski definition) is 2. The van der Waals surface area contributed by atoms with Crippen LogP contribution in [0.5, 0.6) is 0 Å². The first-order valence-corrected chi connectivity index (χ1v) is 2.78. The van der Waals surface area contributed by atoms with E-state index in [1.165, 1.54) is 6.20 Å². The normalized spacial score (nSPS) is 9.56. The molecule has 0 aromatic carbocycles. The highest BCUT2D eigenvalue weighted by molar-refractivity contribution is 6.28. The lowest BCUT2D eigenvalue weighted by Gasteiger charge is -1.93. The average Bonchev–Trinajstić information content (AvgIpc) is 1.80. The molecule has 0 aliphatic rings. The Hall–Kier alpha value is -0.830. The summed E-state index contributed by atoms with van der Waals surface area (Å²) in [5.41, 5.74) is 7.86. The van der Waals surface area contributed by atoms with Gasteiger partial charge in [0, 0.05) is 11.8 Å². The van der Waals surface area contributed by atoms with E-state index in [1.807, 2.05) is 0 Å². The highest BCUT2D eigenvalue weighted by atomic mass is 35.5. The summed E-state index contributed by atoms with van der Waals surface area (Å²) in [5, 5.41) is 0.130. The molecule has 0 aliphatic heterocycles. The first-order chi connectivity index (χ1) is 4.20. The van der Waals surface area contributed by atoms with Crippen LogP contribution in [0.25, 0.3) is 0 Å². The number of halogens is 1. The van der Waals surface area contributed by atoms with Crippen molar-refractivity contribution in [3.8, 4) is 0 Å². The van der Waals surface area contributed by atoms with Crippen molar-refractivity contribution < 1.29 is 0 Å². The molecule has 1 N–H and O–H groups in total. The number of nitrogens with zero attached hydrogens (tertiary/aromatic N) is 2. The Bertz CT molecular complexity index is 223. The first-order valence-electron chi connectivity index (χ1n) is 2.41. The summed E-state index contributed by atoms with van der Waals surface area (Å²) in [6.45, 7) is 1.76. The lowest BCUT2D eigenvalue weighted by molar-refractivity contribution is 1.10. The average molecular weight is 143 g/mol. The standard InChI is InChI=1S/C5H5ClN3/c1-3-2-8-5(6)9-4(3)7/h2,7H,1H3. The Labute approximate surface area is 57.9 Å². The molecule has 0 spiro atoms. The van der Waals surface area contributed by atoms with E-state index in [1.54, 1.807) is 6.92 Å². The van der Waals surface area contributed by atoms with Gasteiger partial charge in [-0.05, 0) is 18.5 Å². The highest BCUT2D eigenvalue weighted by Gasteiger charge is 1.95. The molecule has 0 fully saturated rings. The minimum Gasteiger partial charge on any atom is -0.283 e. The maximum Gasteiger partial charge on any atom is 0.224 e. The first kappa shape index (κ1) is 6.29. The van der Waals surface area contributed by atoms with Gasteiger partial charge in [0.2, 0.25) is 5.28 Å². The van der Waals surface area contributed by atoms with Crippen LogP contribution in [0.3, 0.4) is 0 Å². The SMILES string of the molecule is Cc1cnc(Cl)nc1[NH]. The monoisotopic (exact) mass is 142 g/mol. The van der Waals surface area contributed by atoms with Crippen LogP contribution < -0.4 is 5.73 Å². The topological polar surface area (TPSA) is 49.6 Å². The van der Waals surface area contributed by atoms with Gasteiger partial charge in [-0.1, -0.05) is 0 Å². The van der Waals surface area contributed by atoms with Crippen molar-refractivity contribution in [1.29, 1.82) is 0 Å². The molecule has 0 saturated heterocycles. The Balaban J connectivity index is 3.17. The minimum absolute atomic E-state index is 0.130. The van der Waals surface area contributed by atoms with E-state index in [2.05, 4.69) is 9.97 Å². The van der Waals surface area contributed by atoms with Crippen molar-refractivity contribution in [2.24, 2.45) is 0 Å². The van der Waals surface area contributed by atoms with E-state index >= 15 is 0 Å². The van der Waals surface area contributed by atoms with Crippen LogP contribution in [-0.2, 0) is 0 Å². The second-order valence-corrected chi connectivity index (χ2v) is 2.01. The predicted molar refractivity (Wildman–Crippen MR) is 34.5 cm³/mol. The lowest BCUT2D eigenvalue weighted by Crippen LogP contribution is -1.86. The van der Waals surface area contributed by atoms with Crippen LogP contribution in [0.2, 0.25) is 5.28 Å². The highest BCUT2D eigenvalue weighted by Crippen LogP contribution is 2.08. The van der Waals surface area contributed by atoms with Gasteiger partial charge in [-0.15, -0.1) is 0 Å². The third kappa shape index (κ3) is 1.29. The zero-order valence-electron chi connectivity index (χ0n) is 4.85. The van der Waals surface area contributed by atoms with E-state index in [-0.39, 0.29) is 11.1 Å². The van der Waals surface area contributed by atoms with Crippen molar-refractivity contribution in [3.05, 3.63) is 17.0 Å². The molecule has 0 amide bonds. The van der Waals surface area contributed by atoms with Gasteiger partial charge in [0.05, 0.1) is 0 Å². The van der Waals surface area contributed by atoms with E-state index < -0.39 is 0 Å². The van der Waals surface area contributed by atoms with Crippen LogP contribution in [0.1, 0.15) is 5.56 Å².